The lowest BCUT2D eigenvalue weighted by molar-refractivity contribution is 0.0540. The van der Waals surface area contributed by atoms with E-state index in [1.165, 1.54) is 51.0 Å². The first kappa shape index (κ1) is 17.8. The van der Waals surface area contributed by atoms with E-state index in [9.17, 15) is 0 Å². The van der Waals surface area contributed by atoms with Gasteiger partial charge in [0, 0.05) is 62.3 Å². The predicted octanol–water partition coefficient (Wildman–Crippen LogP) is 3.18. The molecule has 152 valence electrons. The molecule has 2 saturated heterocycles. The van der Waals surface area contributed by atoms with Gasteiger partial charge in [-0.15, -0.1) is 10.2 Å². The molecule has 2 unspecified atom stereocenters. The van der Waals surface area contributed by atoms with Gasteiger partial charge in [-0.05, 0) is 67.7 Å². The Balaban J connectivity index is 1.01. The van der Waals surface area contributed by atoms with E-state index in [0.29, 0.717) is 12.0 Å². The van der Waals surface area contributed by atoms with Crippen LogP contribution >= 0.6 is 0 Å². The van der Waals surface area contributed by atoms with Crippen LogP contribution in [-0.2, 0) is 4.74 Å². The summed E-state index contributed by atoms with van der Waals surface area (Å²) >= 11 is 0. The van der Waals surface area contributed by atoms with Crippen molar-refractivity contribution < 1.29 is 4.74 Å². The fourth-order valence-electron chi connectivity index (χ4n) is 5.18. The Morgan fingerprint density at radius 2 is 1.79 bits per heavy atom. The second kappa shape index (κ2) is 7.33. The molecule has 29 heavy (non-hydrogen) atoms. The highest BCUT2D eigenvalue weighted by atomic mass is 16.5. The van der Waals surface area contributed by atoms with Gasteiger partial charge < -0.3 is 15.0 Å². The van der Waals surface area contributed by atoms with Crippen molar-refractivity contribution in [3.8, 4) is 11.3 Å². The third-order valence-electron chi connectivity index (χ3n) is 7.18. The first-order chi connectivity index (χ1) is 14.3. The molecule has 2 aliphatic carbocycles. The lowest BCUT2D eigenvalue weighted by Gasteiger charge is -2.28. The van der Waals surface area contributed by atoms with E-state index >= 15 is 0 Å². The maximum Gasteiger partial charge on any atom is 0.148 e. The van der Waals surface area contributed by atoms with Gasteiger partial charge in [-0.1, -0.05) is 0 Å². The van der Waals surface area contributed by atoms with E-state index in [2.05, 4.69) is 49.7 Å². The number of anilines is 1. The highest BCUT2D eigenvalue weighted by Gasteiger charge is 2.55. The van der Waals surface area contributed by atoms with Crippen molar-refractivity contribution in [3.63, 3.8) is 0 Å². The normalized spacial score (nSPS) is 29.6. The Morgan fingerprint density at radius 3 is 2.45 bits per heavy atom. The van der Waals surface area contributed by atoms with Crippen molar-refractivity contribution in [2.24, 2.45) is 17.8 Å². The monoisotopic (exact) mass is 391 g/mol. The van der Waals surface area contributed by atoms with Crippen LogP contribution in [0.25, 0.3) is 11.3 Å². The molecule has 4 aliphatic rings. The molecule has 4 fully saturated rings. The molecule has 0 radical (unpaired) electrons. The minimum atomic E-state index is 0.570. The third-order valence-corrected chi connectivity index (χ3v) is 7.18. The van der Waals surface area contributed by atoms with E-state index in [4.69, 9.17) is 4.74 Å². The van der Waals surface area contributed by atoms with Gasteiger partial charge >= 0.3 is 0 Å². The molecular weight excluding hydrogens is 362 g/mol. The zero-order valence-electron chi connectivity index (χ0n) is 16.8. The van der Waals surface area contributed by atoms with Crippen LogP contribution in [0, 0.1) is 17.8 Å². The molecule has 1 N–H and O–H groups in total. The van der Waals surface area contributed by atoms with Gasteiger partial charge in [0.2, 0.25) is 0 Å². The zero-order valence-corrected chi connectivity index (χ0v) is 16.8. The van der Waals surface area contributed by atoms with Crippen LogP contribution in [0.4, 0.5) is 5.82 Å². The number of fused-ring (bicyclic) bond motifs is 1. The average Bonchev–Trinajstić information content (AvgIpc) is 3.68. The van der Waals surface area contributed by atoms with E-state index < -0.39 is 0 Å². The fourth-order valence-corrected chi connectivity index (χ4v) is 5.18. The second-order valence-electron chi connectivity index (χ2n) is 9.32. The summed E-state index contributed by atoms with van der Waals surface area (Å²) in [6.45, 7) is 5.61. The van der Waals surface area contributed by atoms with E-state index in [1.807, 2.05) is 6.20 Å². The minimum Gasteiger partial charge on any atom is -0.381 e. The van der Waals surface area contributed by atoms with E-state index in [-0.39, 0.29) is 0 Å². The van der Waals surface area contributed by atoms with E-state index in [1.54, 1.807) is 0 Å². The molecule has 0 spiro atoms. The van der Waals surface area contributed by atoms with Crippen molar-refractivity contribution in [1.82, 2.24) is 20.1 Å². The Bertz CT molecular complexity index is 833. The van der Waals surface area contributed by atoms with Crippen molar-refractivity contribution in [1.29, 1.82) is 0 Å². The summed E-state index contributed by atoms with van der Waals surface area (Å²) in [7, 11) is 0. The highest BCUT2D eigenvalue weighted by molar-refractivity contribution is 5.58. The fraction of sp³-hybridized carbons (Fsp3) is 0.609. The van der Waals surface area contributed by atoms with Gasteiger partial charge in [-0.3, -0.25) is 4.98 Å². The number of hydrogen-bond donors (Lipinski definition) is 1. The van der Waals surface area contributed by atoms with Gasteiger partial charge in [-0.2, -0.15) is 0 Å². The first-order valence-electron chi connectivity index (χ1n) is 11.2. The highest BCUT2D eigenvalue weighted by Crippen LogP contribution is 2.47. The maximum absolute atomic E-state index is 5.49. The lowest BCUT2D eigenvalue weighted by Crippen LogP contribution is -2.34. The van der Waals surface area contributed by atoms with E-state index in [0.717, 1.165) is 48.0 Å². The van der Waals surface area contributed by atoms with Crippen molar-refractivity contribution >= 4 is 5.82 Å². The number of nitrogens with zero attached hydrogens (tertiary/aromatic N) is 4. The molecule has 6 rings (SSSR count). The second-order valence-corrected chi connectivity index (χ2v) is 9.32. The van der Waals surface area contributed by atoms with Crippen LogP contribution in [0.5, 0.6) is 0 Å². The third kappa shape index (κ3) is 3.76. The van der Waals surface area contributed by atoms with Crippen LogP contribution in [0.2, 0.25) is 0 Å². The van der Waals surface area contributed by atoms with Gasteiger partial charge in [0.15, 0.2) is 0 Å². The number of piperidine rings is 1. The molecule has 0 aromatic carbocycles. The van der Waals surface area contributed by atoms with Crippen LogP contribution in [0.15, 0.2) is 30.5 Å². The Hall–Kier alpha value is -2.05. The number of hydrogen-bond acceptors (Lipinski definition) is 6. The topological polar surface area (TPSA) is 63.2 Å². The molecule has 0 bridgehead atoms. The molecule has 2 aliphatic heterocycles. The maximum atomic E-state index is 5.49. The van der Waals surface area contributed by atoms with Crippen LogP contribution in [0.3, 0.4) is 0 Å². The summed E-state index contributed by atoms with van der Waals surface area (Å²) in [6, 6.07) is 8.94. The number of aromatic nitrogens is 3. The number of rotatable bonds is 6. The summed E-state index contributed by atoms with van der Waals surface area (Å²) in [6.07, 6.45) is 6.96. The van der Waals surface area contributed by atoms with Crippen molar-refractivity contribution in [3.05, 3.63) is 36.2 Å². The molecule has 6 nitrogen and oxygen atoms in total. The minimum absolute atomic E-state index is 0.570. The molecule has 4 heterocycles. The van der Waals surface area contributed by atoms with Gasteiger partial charge in [-0.25, -0.2) is 0 Å². The van der Waals surface area contributed by atoms with Crippen molar-refractivity contribution in [2.75, 3.05) is 38.2 Å². The average molecular weight is 392 g/mol. The molecule has 2 aromatic heterocycles. The summed E-state index contributed by atoms with van der Waals surface area (Å²) in [4.78, 5) is 7.25. The summed E-state index contributed by atoms with van der Waals surface area (Å²) in [5.74, 6) is 3.96. The van der Waals surface area contributed by atoms with Gasteiger partial charge in [0.1, 0.15) is 5.82 Å². The Morgan fingerprint density at radius 1 is 0.966 bits per heavy atom. The largest absolute Gasteiger partial charge is 0.381 e. The number of nitrogens with one attached hydrogen (secondary N) is 1. The number of pyridine rings is 1. The standard InChI is InChI=1S/C23H29N5O/c1-2-16(1)20-4-3-17(11-24-20)21-5-6-22(27-26-21)25-23-18-13-28(14-19(18)23)12-15-7-9-29-10-8-15/h3-6,11,15-16,18-19,23H,1-2,7-10,12-14H2,(H,25,27). The molecular formula is C23H29N5O. The SMILES string of the molecule is c1cc(C2CC2)ncc1-c1ccc(NC2C3CN(CC4CCOCC4)CC32)nn1. The Kier molecular flexibility index (Phi) is 4.49. The summed E-state index contributed by atoms with van der Waals surface area (Å²) < 4.78 is 5.49. The lowest BCUT2D eigenvalue weighted by atomic mass is 10.00. The Labute approximate surface area is 172 Å². The zero-order chi connectivity index (χ0) is 19.2. The molecule has 0 amide bonds. The molecule has 2 atom stereocenters. The summed E-state index contributed by atoms with van der Waals surface area (Å²) in [5.41, 5.74) is 3.15. The van der Waals surface area contributed by atoms with Crippen LogP contribution < -0.4 is 5.32 Å². The quantitative estimate of drug-likeness (QED) is 0.816. The van der Waals surface area contributed by atoms with Crippen LogP contribution in [0.1, 0.15) is 37.3 Å². The molecule has 2 saturated carbocycles. The number of likely N-dealkylation sites (tertiary alicyclic amines) is 1. The van der Waals surface area contributed by atoms with Crippen molar-refractivity contribution in [2.45, 2.75) is 37.6 Å². The smallest absolute Gasteiger partial charge is 0.148 e. The van der Waals surface area contributed by atoms with Gasteiger partial charge in [0.25, 0.3) is 0 Å². The van der Waals surface area contributed by atoms with Crippen LogP contribution in [-0.4, -0.2) is 59.0 Å². The first-order valence-corrected chi connectivity index (χ1v) is 11.2. The molecule has 6 heteroatoms. The summed E-state index contributed by atoms with van der Waals surface area (Å²) in [5, 5.41) is 12.5. The number of ether oxygens (including phenoxy) is 1. The predicted molar refractivity (Wildman–Crippen MR) is 112 cm³/mol. The van der Waals surface area contributed by atoms with Gasteiger partial charge in [0.05, 0.1) is 5.69 Å². The molecule has 2 aromatic rings.